The summed E-state index contributed by atoms with van der Waals surface area (Å²) in [6, 6.07) is 11.3. The Morgan fingerprint density at radius 3 is 2.71 bits per heavy atom. The average Bonchev–Trinajstić information content (AvgIpc) is 3.06. The molecule has 0 saturated carbocycles. The van der Waals surface area contributed by atoms with E-state index in [2.05, 4.69) is 31.1 Å². The van der Waals surface area contributed by atoms with Crippen molar-refractivity contribution in [2.75, 3.05) is 0 Å². The van der Waals surface area contributed by atoms with Crippen molar-refractivity contribution in [1.29, 1.82) is 0 Å². The summed E-state index contributed by atoms with van der Waals surface area (Å²) >= 11 is 3.36. The van der Waals surface area contributed by atoms with Crippen LogP contribution in [-0.2, 0) is 0 Å². The predicted octanol–water partition coefficient (Wildman–Crippen LogP) is 4.32. The number of ketones is 1. The van der Waals surface area contributed by atoms with Crippen molar-refractivity contribution in [3.63, 3.8) is 0 Å². The number of carbonyl (C=O) groups excluding carboxylic acids is 1. The van der Waals surface area contributed by atoms with Gasteiger partial charge in [-0.2, -0.15) is 4.98 Å². The highest BCUT2D eigenvalue weighted by molar-refractivity contribution is 9.10. The molecule has 118 valence electrons. The Hall–Kier alpha value is -2.67. The van der Waals surface area contributed by atoms with E-state index >= 15 is 0 Å². The van der Waals surface area contributed by atoms with Crippen LogP contribution in [0.25, 0.3) is 11.4 Å². The molecular formula is C17H9BrFN3O2. The van der Waals surface area contributed by atoms with E-state index < -0.39 is 11.7 Å². The summed E-state index contributed by atoms with van der Waals surface area (Å²) in [5.41, 5.74) is 1.41. The van der Waals surface area contributed by atoms with Crippen LogP contribution in [0.2, 0.25) is 0 Å². The van der Waals surface area contributed by atoms with Crippen molar-refractivity contribution in [1.82, 2.24) is 10.1 Å². The molecule has 3 aromatic rings. The van der Waals surface area contributed by atoms with Gasteiger partial charge in [-0.25, -0.2) is 4.39 Å². The highest BCUT2D eigenvalue weighted by atomic mass is 79.9. The monoisotopic (exact) mass is 385 g/mol. The van der Waals surface area contributed by atoms with E-state index in [1.165, 1.54) is 24.4 Å². The Balaban J connectivity index is 1.68. The Morgan fingerprint density at radius 1 is 1.12 bits per heavy atom. The average molecular weight is 386 g/mol. The molecule has 1 atom stereocenters. The van der Waals surface area contributed by atoms with Crippen molar-refractivity contribution in [2.24, 2.45) is 4.99 Å². The third-order valence-corrected chi connectivity index (χ3v) is 4.21. The third-order valence-electron chi connectivity index (χ3n) is 3.68. The van der Waals surface area contributed by atoms with Crippen LogP contribution >= 0.6 is 15.9 Å². The molecule has 0 bridgehead atoms. The first-order valence-electron chi connectivity index (χ1n) is 7.09. The minimum Gasteiger partial charge on any atom is -0.338 e. The maximum Gasteiger partial charge on any atom is 0.243 e. The van der Waals surface area contributed by atoms with E-state index in [9.17, 15) is 9.18 Å². The molecule has 0 aliphatic carbocycles. The SMILES string of the molecule is O=C1c2cc(F)ccc2N=CC1c1nc(-c2ccc(Br)cc2)no1. The van der Waals surface area contributed by atoms with E-state index in [1.807, 2.05) is 24.3 Å². The fraction of sp³-hybridized carbons (Fsp3) is 0.0588. The first-order valence-corrected chi connectivity index (χ1v) is 7.88. The topological polar surface area (TPSA) is 68.3 Å². The number of aliphatic imine (C=N–C) groups is 1. The van der Waals surface area contributed by atoms with Gasteiger partial charge in [0.2, 0.25) is 11.7 Å². The summed E-state index contributed by atoms with van der Waals surface area (Å²) in [6.45, 7) is 0. The molecule has 0 fully saturated rings. The van der Waals surface area contributed by atoms with Gasteiger partial charge in [0.1, 0.15) is 11.7 Å². The molecule has 1 aliphatic rings. The van der Waals surface area contributed by atoms with Crippen molar-refractivity contribution in [2.45, 2.75) is 5.92 Å². The van der Waals surface area contributed by atoms with Crippen molar-refractivity contribution < 1.29 is 13.7 Å². The zero-order valence-corrected chi connectivity index (χ0v) is 13.7. The molecule has 1 aliphatic heterocycles. The van der Waals surface area contributed by atoms with Crippen LogP contribution < -0.4 is 0 Å². The van der Waals surface area contributed by atoms with Crippen molar-refractivity contribution in [3.05, 3.63) is 64.2 Å². The molecule has 0 spiro atoms. The molecule has 0 saturated heterocycles. The van der Waals surface area contributed by atoms with Gasteiger partial charge in [0.25, 0.3) is 0 Å². The van der Waals surface area contributed by atoms with Gasteiger partial charge in [0, 0.05) is 21.8 Å². The molecule has 2 aromatic carbocycles. The lowest BCUT2D eigenvalue weighted by Gasteiger charge is -2.14. The molecule has 1 unspecified atom stereocenters. The summed E-state index contributed by atoms with van der Waals surface area (Å²) < 4.78 is 19.6. The maximum atomic E-state index is 13.4. The van der Waals surface area contributed by atoms with Crippen molar-refractivity contribution in [3.8, 4) is 11.4 Å². The summed E-state index contributed by atoms with van der Waals surface area (Å²) in [6.07, 6.45) is 1.45. The van der Waals surface area contributed by atoms with E-state index in [-0.39, 0.29) is 17.2 Å². The smallest absolute Gasteiger partial charge is 0.243 e. The number of hydrogen-bond acceptors (Lipinski definition) is 5. The Morgan fingerprint density at radius 2 is 1.92 bits per heavy atom. The Labute approximate surface area is 144 Å². The van der Waals surface area contributed by atoms with Gasteiger partial charge in [-0.15, -0.1) is 0 Å². The number of hydrogen-bond donors (Lipinski definition) is 0. The molecule has 0 N–H and O–H groups in total. The largest absolute Gasteiger partial charge is 0.338 e. The van der Waals surface area contributed by atoms with Crippen LogP contribution in [0.4, 0.5) is 10.1 Å². The molecule has 1 aromatic heterocycles. The Bertz CT molecular complexity index is 966. The predicted molar refractivity (Wildman–Crippen MR) is 89.1 cm³/mol. The van der Waals surface area contributed by atoms with E-state index in [0.717, 1.165) is 10.0 Å². The number of Topliss-reactive ketones (excluding diaryl/α,β-unsaturated/α-hetero) is 1. The van der Waals surface area contributed by atoms with Crippen LogP contribution in [-0.4, -0.2) is 22.1 Å². The standard InChI is InChI=1S/C17H9BrFN3O2/c18-10-3-1-9(2-4-10)16-21-17(24-22-16)13-8-20-14-6-5-11(19)7-12(14)15(13)23/h1-8,13H. The first-order chi connectivity index (χ1) is 11.6. The minimum absolute atomic E-state index is 0.136. The molecule has 24 heavy (non-hydrogen) atoms. The van der Waals surface area contributed by atoms with Crippen LogP contribution in [0.15, 0.2) is 56.5 Å². The van der Waals surface area contributed by atoms with Gasteiger partial charge in [-0.05, 0) is 42.5 Å². The molecule has 5 nitrogen and oxygen atoms in total. The summed E-state index contributed by atoms with van der Waals surface area (Å²) in [5, 5.41) is 3.91. The van der Waals surface area contributed by atoms with Gasteiger partial charge in [0.05, 0.1) is 5.69 Å². The number of nitrogens with zero attached hydrogens (tertiary/aromatic N) is 3. The second-order valence-electron chi connectivity index (χ2n) is 5.24. The molecule has 4 rings (SSSR count). The van der Waals surface area contributed by atoms with Crippen LogP contribution in [0.3, 0.4) is 0 Å². The highest BCUT2D eigenvalue weighted by Crippen LogP contribution is 2.31. The maximum absolute atomic E-state index is 13.4. The highest BCUT2D eigenvalue weighted by Gasteiger charge is 2.31. The van der Waals surface area contributed by atoms with Crippen LogP contribution in [0.1, 0.15) is 22.2 Å². The third kappa shape index (κ3) is 2.56. The summed E-state index contributed by atoms with van der Waals surface area (Å²) in [7, 11) is 0. The number of fused-ring (bicyclic) bond motifs is 1. The van der Waals surface area contributed by atoms with E-state index in [0.29, 0.717) is 11.5 Å². The van der Waals surface area contributed by atoms with Gasteiger partial charge in [-0.3, -0.25) is 9.79 Å². The van der Waals surface area contributed by atoms with E-state index in [4.69, 9.17) is 4.52 Å². The lowest BCUT2D eigenvalue weighted by atomic mass is 9.94. The fourth-order valence-corrected chi connectivity index (χ4v) is 2.73. The minimum atomic E-state index is -0.809. The lowest BCUT2D eigenvalue weighted by molar-refractivity contribution is 0.0971. The van der Waals surface area contributed by atoms with Gasteiger partial charge in [-0.1, -0.05) is 21.1 Å². The second kappa shape index (κ2) is 5.76. The lowest BCUT2D eigenvalue weighted by Crippen LogP contribution is -2.18. The molecule has 0 amide bonds. The molecule has 7 heteroatoms. The molecule has 2 heterocycles. The first kappa shape index (κ1) is 14.9. The number of aromatic nitrogens is 2. The summed E-state index contributed by atoms with van der Waals surface area (Å²) in [5.74, 6) is -1.10. The Kier molecular flexibility index (Phi) is 3.57. The molecule has 0 radical (unpaired) electrons. The quantitative estimate of drug-likeness (QED) is 0.658. The zero-order chi connectivity index (χ0) is 16.7. The summed E-state index contributed by atoms with van der Waals surface area (Å²) in [4.78, 5) is 21.0. The number of halogens is 2. The number of carbonyl (C=O) groups is 1. The van der Waals surface area contributed by atoms with Gasteiger partial charge in [0.15, 0.2) is 5.78 Å². The normalized spacial score (nSPS) is 16.2. The van der Waals surface area contributed by atoms with Gasteiger partial charge < -0.3 is 4.52 Å². The number of rotatable bonds is 2. The zero-order valence-electron chi connectivity index (χ0n) is 12.1. The van der Waals surface area contributed by atoms with Crippen molar-refractivity contribution >= 4 is 33.6 Å². The van der Waals surface area contributed by atoms with Gasteiger partial charge >= 0.3 is 0 Å². The second-order valence-corrected chi connectivity index (χ2v) is 6.16. The van der Waals surface area contributed by atoms with E-state index in [1.54, 1.807) is 0 Å². The fourth-order valence-electron chi connectivity index (χ4n) is 2.46. The number of benzene rings is 2. The molecular weight excluding hydrogens is 377 g/mol. The van der Waals surface area contributed by atoms with Crippen LogP contribution in [0.5, 0.6) is 0 Å². The van der Waals surface area contributed by atoms with Crippen LogP contribution in [0, 0.1) is 5.82 Å².